The van der Waals surface area contributed by atoms with E-state index >= 15 is 0 Å². The van der Waals surface area contributed by atoms with Crippen molar-refractivity contribution in [3.05, 3.63) is 28.8 Å². The van der Waals surface area contributed by atoms with Crippen LogP contribution in [0, 0.1) is 5.92 Å². The summed E-state index contributed by atoms with van der Waals surface area (Å²) in [5.74, 6) is -0.149. The van der Waals surface area contributed by atoms with Gasteiger partial charge in [-0.2, -0.15) is 0 Å². The molecule has 8 heteroatoms. The van der Waals surface area contributed by atoms with Gasteiger partial charge in [-0.3, -0.25) is 4.79 Å². The molecule has 3 aliphatic heterocycles. The number of fused-ring (bicyclic) bond motifs is 2. The highest BCUT2D eigenvalue weighted by Gasteiger charge is 2.65. The summed E-state index contributed by atoms with van der Waals surface area (Å²) in [6, 6.07) is 5.38. The molecule has 5 rings (SSSR count). The van der Waals surface area contributed by atoms with Crippen molar-refractivity contribution in [2.75, 3.05) is 20.1 Å². The molecule has 3 heterocycles. The van der Waals surface area contributed by atoms with Gasteiger partial charge in [0.1, 0.15) is 5.75 Å². The van der Waals surface area contributed by atoms with Crippen molar-refractivity contribution >= 4 is 27.5 Å². The van der Waals surface area contributed by atoms with Gasteiger partial charge in [0, 0.05) is 49.0 Å². The van der Waals surface area contributed by atoms with Gasteiger partial charge in [-0.1, -0.05) is 18.0 Å². The Labute approximate surface area is 170 Å². The highest BCUT2D eigenvalue weighted by molar-refractivity contribution is 7.90. The molecule has 4 aliphatic rings. The van der Waals surface area contributed by atoms with Crippen LogP contribution < -0.4 is 4.74 Å². The van der Waals surface area contributed by atoms with Crippen LogP contribution in [0.1, 0.15) is 50.0 Å². The molecule has 1 amide bonds. The van der Waals surface area contributed by atoms with E-state index in [0.29, 0.717) is 23.9 Å². The largest absolute Gasteiger partial charge is 0.467 e. The van der Waals surface area contributed by atoms with Crippen LogP contribution in [0.4, 0.5) is 0 Å². The monoisotopic (exact) mass is 424 g/mol. The molecular weight excluding hydrogens is 400 g/mol. The van der Waals surface area contributed by atoms with Gasteiger partial charge < -0.3 is 9.64 Å². The molecule has 6 nitrogen and oxygen atoms in total. The number of ether oxygens (including phenoxy) is 1. The van der Waals surface area contributed by atoms with Crippen molar-refractivity contribution in [3.63, 3.8) is 0 Å². The number of carbonyl (C=O) groups is 1. The minimum atomic E-state index is -3.76. The second kappa shape index (κ2) is 6.34. The highest BCUT2D eigenvalue weighted by Crippen LogP contribution is 2.58. The number of nitrogens with zero attached hydrogens (tertiary/aromatic N) is 2. The lowest BCUT2D eigenvalue weighted by Crippen LogP contribution is -2.71. The fraction of sp³-hybridized carbons (Fsp3) is 0.650. The first kappa shape index (κ1) is 18.7. The summed E-state index contributed by atoms with van der Waals surface area (Å²) >= 11 is 6.27. The maximum atomic E-state index is 13.6. The van der Waals surface area contributed by atoms with Gasteiger partial charge in [0.15, 0.2) is 11.0 Å². The predicted molar refractivity (Wildman–Crippen MR) is 106 cm³/mol. The Bertz CT molecular complexity index is 930. The van der Waals surface area contributed by atoms with Crippen LogP contribution in [-0.2, 0) is 14.8 Å². The summed E-state index contributed by atoms with van der Waals surface area (Å²) in [5.41, 5.74) is 0.0157. The fourth-order valence-corrected chi connectivity index (χ4v) is 8.21. The Morgan fingerprint density at radius 3 is 2.68 bits per heavy atom. The van der Waals surface area contributed by atoms with E-state index in [9.17, 15) is 13.2 Å². The van der Waals surface area contributed by atoms with E-state index in [1.54, 1.807) is 24.1 Å². The standard InChI is InChI=1S/C20H25ClN2O4S/c1-22-19(24)18(28(25,26)23-10-4-5-11-23)17-14-12-13(21)7-8-16(14)27-20(22)9-3-2-6-15(17)20/h7-8,12,15,17-18H,2-6,9-11H2,1H3/t15-,17-,18+,20+/m0/s1. The van der Waals surface area contributed by atoms with Gasteiger partial charge in [-0.05, 0) is 43.9 Å². The normalized spacial score (nSPS) is 35.3. The van der Waals surface area contributed by atoms with Gasteiger partial charge in [-0.25, -0.2) is 12.7 Å². The van der Waals surface area contributed by atoms with Crippen LogP contribution >= 0.6 is 11.6 Å². The molecular formula is C20H25ClN2O4S. The zero-order valence-corrected chi connectivity index (χ0v) is 17.5. The number of amides is 1. The Morgan fingerprint density at radius 2 is 1.93 bits per heavy atom. The van der Waals surface area contributed by atoms with Gasteiger partial charge in [0.2, 0.25) is 15.9 Å². The van der Waals surface area contributed by atoms with Crippen molar-refractivity contribution < 1.29 is 17.9 Å². The lowest BCUT2D eigenvalue weighted by Gasteiger charge is -2.59. The molecule has 0 N–H and O–H groups in total. The maximum absolute atomic E-state index is 13.6. The first-order chi connectivity index (χ1) is 13.4. The second-order valence-electron chi connectivity index (χ2n) is 8.48. The van der Waals surface area contributed by atoms with E-state index in [2.05, 4.69) is 0 Å². The average molecular weight is 425 g/mol. The smallest absolute Gasteiger partial charge is 0.245 e. The molecule has 2 bridgehead atoms. The van der Waals surface area contributed by atoms with Crippen molar-refractivity contribution in [1.82, 2.24) is 9.21 Å². The van der Waals surface area contributed by atoms with E-state index in [-0.39, 0.29) is 11.8 Å². The number of halogens is 1. The third kappa shape index (κ3) is 2.42. The van der Waals surface area contributed by atoms with Gasteiger partial charge in [0.25, 0.3) is 0 Å². The maximum Gasteiger partial charge on any atom is 0.245 e. The van der Waals surface area contributed by atoms with Gasteiger partial charge in [-0.15, -0.1) is 0 Å². The molecule has 3 fully saturated rings. The number of sulfonamides is 1. The number of benzene rings is 1. The molecule has 1 saturated carbocycles. The predicted octanol–water partition coefficient (Wildman–Crippen LogP) is 2.97. The van der Waals surface area contributed by atoms with Crippen molar-refractivity contribution in [2.24, 2.45) is 5.92 Å². The van der Waals surface area contributed by atoms with Crippen LogP contribution in [0.25, 0.3) is 0 Å². The average Bonchev–Trinajstić information content (AvgIpc) is 3.22. The number of hydrogen-bond donors (Lipinski definition) is 0. The minimum absolute atomic E-state index is 0.0442. The summed E-state index contributed by atoms with van der Waals surface area (Å²) in [7, 11) is -2.05. The molecule has 28 heavy (non-hydrogen) atoms. The summed E-state index contributed by atoms with van der Waals surface area (Å²) in [4.78, 5) is 15.1. The molecule has 1 aliphatic carbocycles. The molecule has 0 radical (unpaired) electrons. The zero-order valence-electron chi connectivity index (χ0n) is 15.9. The zero-order chi connectivity index (χ0) is 19.7. The second-order valence-corrected chi connectivity index (χ2v) is 11.0. The Kier molecular flexibility index (Phi) is 4.24. The van der Waals surface area contributed by atoms with Crippen LogP contribution in [-0.4, -0.2) is 54.6 Å². The molecule has 0 unspecified atom stereocenters. The van der Waals surface area contributed by atoms with Crippen LogP contribution in [0.3, 0.4) is 0 Å². The fourth-order valence-electron chi connectivity index (χ4n) is 5.83. The lowest BCUT2D eigenvalue weighted by molar-refractivity contribution is -0.191. The summed E-state index contributed by atoms with van der Waals surface area (Å²) in [6.07, 6.45) is 5.25. The van der Waals surface area contributed by atoms with E-state index in [1.165, 1.54) is 4.31 Å². The van der Waals surface area contributed by atoms with E-state index in [1.807, 2.05) is 6.07 Å². The van der Waals surface area contributed by atoms with Gasteiger partial charge in [0.05, 0.1) is 0 Å². The van der Waals surface area contributed by atoms with Crippen molar-refractivity contribution in [2.45, 2.75) is 55.4 Å². The lowest BCUT2D eigenvalue weighted by atomic mass is 9.65. The third-order valence-corrected chi connectivity index (χ3v) is 9.60. The molecule has 0 spiro atoms. The van der Waals surface area contributed by atoms with Crippen molar-refractivity contribution in [3.8, 4) is 5.75 Å². The first-order valence-corrected chi connectivity index (χ1v) is 12.0. The third-order valence-electron chi connectivity index (χ3n) is 7.14. The van der Waals surface area contributed by atoms with Crippen molar-refractivity contribution in [1.29, 1.82) is 0 Å². The number of likely N-dealkylation sites (tertiary alicyclic amines) is 1. The van der Waals surface area contributed by atoms with Gasteiger partial charge >= 0.3 is 0 Å². The van der Waals surface area contributed by atoms with E-state index in [0.717, 1.165) is 44.1 Å². The summed E-state index contributed by atoms with van der Waals surface area (Å²) < 4.78 is 35.2. The quantitative estimate of drug-likeness (QED) is 0.732. The number of rotatable bonds is 2. The molecule has 2 saturated heterocycles. The first-order valence-electron chi connectivity index (χ1n) is 10.1. The van der Waals surface area contributed by atoms with Crippen LogP contribution in [0.2, 0.25) is 5.02 Å². The van der Waals surface area contributed by atoms with Crippen LogP contribution in [0.15, 0.2) is 18.2 Å². The summed E-state index contributed by atoms with van der Waals surface area (Å²) in [5, 5.41) is -0.567. The molecule has 1 aromatic rings. The molecule has 152 valence electrons. The summed E-state index contributed by atoms with van der Waals surface area (Å²) in [6.45, 7) is 0.995. The van der Waals surface area contributed by atoms with Crippen LogP contribution in [0.5, 0.6) is 5.75 Å². The Morgan fingerprint density at radius 1 is 1.18 bits per heavy atom. The van der Waals surface area contributed by atoms with E-state index in [4.69, 9.17) is 16.3 Å². The molecule has 4 atom stereocenters. The Hall–Kier alpha value is -1.31. The Balaban J connectivity index is 1.72. The van der Waals surface area contributed by atoms with E-state index < -0.39 is 26.9 Å². The number of hydrogen-bond acceptors (Lipinski definition) is 4. The SMILES string of the molecule is CN1C(=O)[C@H](S(=O)(=O)N2CCCC2)[C@H]2c3cc(Cl)ccc3O[C@@]13CCCC[C@@H]23. The molecule has 1 aromatic carbocycles. The number of carbonyl (C=O) groups excluding carboxylic acids is 1. The minimum Gasteiger partial charge on any atom is -0.467 e. The molecule has 0 aromatic heterocycles. The topological polar surface area (TPSA) is 66.9 Å². The number of piperidine rings is 1. The highest BCUT2D eigenvalue weighted by atomic mass is 35.5.